The first-order valence-corrected chi connectivity index (χ1v) is 32.4. The predicted octanol–water partition coefficient (Wildman–Crippen LogP) is 0.106. The number of halogens is 2. The largest absolute Gasteiger partial charge is 0.508 e. The molecule has 7 aliphatic rings. The number of aliphatic hydroxyl groups is 6. The highest BCUT2D eigenvalue weighted by atomic mass is 35.5. The van der Waals surface area contributed by atoms with Crippen LogP contribution in [-0.2, 0) is 52.6 Å². The summed E-state index contributed by atoms with van der Waals surface area (Å²) < 4.78 is 38.3. The molecule has 7 amide bonds. The number of aliphatic hydroxyl groups excluding tert-OH is 6. The number of hydrogen-bond donors (Lipinski definition) is 19. The molecular formula is C66H75Cl2N9O24. The normalized spacial score (nSPS) is 29.4. The summed E-state index contributed by atoms with van der Waals surface area (Å²) >= 11 is 14.1. The van der Waals surface area contributed by atoms with Crippen LogP contribution in [0.4, 0.5) is 0 Å². The van der Waals surface area contributed by atoms with Gasteiger partial charge in [-0.05, 0) is 110 Å². The monoisotopic (exact) mass is 1450 g/mol. The van der Waals surface area contributed by atoms with Gasteiger partial charge in [0.15, 0.2) is 29.9 Å². The Hall–Kier alpha value is -9.20. The zero-order chi connectivity index (χ0) is 73.5. The van der Waals surface area contributed by atoms with Crippen molar-refractivity contribution >= 4 is 70.5 Å². The number of carboxylic acid groups (broad SMARTS) is 1. The Morgan fingerprint density at radius 1 is 0.713 bits per heavy atom. The Balaban J connectivity index is 1.24. The van der Waals surface area contributed by atoms with Crippen LogP contribution < -0.4 is 62.9 Å². The Morgan fingerprint density at radius 3 is 1.90 bits per heavy atom. The molecule has 12 rings (SSSR count). The summed E-state index contributed by atoms with van der Waals surface area (Å²) in [6.07, 6.45) is -18.6. The Bertz CT molecular complexity index is 4070. The van der Waals surface area contributed by atoms with E-state index < -0.39 is 237 Å². The molecule has 0 saturated carbocycles. The maximum atomic E-state index is 16.0. The number of aliphatic carboxylic acids is 1. The van der Waals surface area contributed by atoms with Gasteiger partial charge in [-0.3, -0.25) is 33.6 Å². The van der Waals surface area contributed by atoms with Crippen molar-refractivity contribution < 1.29 is 118 Å². The van der Waals surface area contributed by atoms with Gasteiger partial charge in [0, 0.05) is 34.7 Å². The smallest absolute Gasteiger partial charge is 0.330 e. The van der Waals surface area contributed by atoms with Gasteiger partial charge in [0.05, 0.1) is 41.3 Å². The van der Waals surface area contributed by atoms with Gasteiger partial charge < -0.3 is 128 Å². The van der Waals surface area contributed by atoms with Gasteiger partial charge in [0.2, 0.25) is 53.4 Å². The third kappa shape index (κ3) is 15.8. The first kappa shape index (κ1) is 74.5. The second kappa shape index (κ2) is 30.2. The van der Waals surface area contributed by atoms with Crippen LogP contribution in [0.25, 0.3) is 11.1 Å². The Labute approximate surface area is 584 Å². The minimum atomic E-state index is -2.35. The second-order valence-electron chi connectivity index (χ2n) is 25.7. The van der Waals surface area contributed by atoms with E-state index in [1.54, 1.807) is 0 Å². The molecule has 35 heteroatoms. The van der Waals surface area contributed by atoms with Crippen LogP contribution in [0.2, 0.25) is 10.0 Å². The quantitative estimate of drug-likeness (QED) is 0.0743. The molecule has 542 valence electrons. The topological polar surface area (TPSA) is 530 Å². The van der Waals surface area contributed by atoms with Crippen LogP contribution in [0.15, 0.2) is 78.9 Å². The molecule has 4 unspecified atom stereocenters. The summed E-state index contributed by atoms with van der Waals surface area (Å²) in [6.45, 7) is 5.66. The van der Waals surface area contributed by atoms with Crippen molar-refractivity contribution in [3.8, 4) is 57.1 Å². The number of amides is 7. The van der Waals surface area contributed by atoms with E-state index in [0.29, 0.717) is 0 Å². The number of likely N-dealkylation sites (N-methyl/N-ethyl adjacent to an activating group) is 1. The highest BCUT2D eigenvalue weighted by Gasteiger charge is 2.51. The lowest BCUT2D eigenvalue weighted by molar-refractivity contribution is -0.333. The molecule has 5 aromatic rings. The molecule has 33 nitrogen and oxygen atoms in total. The number of carbonyl (C=O) groups excluding carboxylic acids is 7. The lowest BCUT2D eigenvalue weighted by atomic mass is 9.86. The number of aromatic hydroxyl groups is 3. The highest BCUT2D eigenvalue weighted by Crippen LogP contribution is 2.50. The molecule has 2 saturated heterocycles. The highest BCUT2D eigenvalue weighted by molar-refractivity contribution is 6.32. The van der Waals surface area contributed by atoms with Crippen LogP contribution in [0.5, 0.6) is 46.0 Å². The lowest BCUT2D eigenvalue weighted by Gasteiger charge is -2.47. The van der Waals surface area contributed by atoms with Crippen LogP contribution in [0.3, 0.4) is 0 Å². The Morgan fingerprint density at radius 2 is 1.32 bits per heavy atom. The van der Waals surface area contributed by atoms with Crippen molar-refractivity contribution in [3.63, 3.8) is 0 Å². The van der Waals surface area contributed by atoms with E-state index in [-0.39, 0.29) is 46.2 Å². The molecule has 0 aliphatic carbocycles. The lowest BCUT2D eigenvalue weighted by Crippen LogP contribution is -2.64. The summed E-state index contributed by atoms with van der Waals surface area (Å²) in [5, 5.41) is 131. The van der Waals surface area contributed by atoms with E-state index in [1.807, 2.05) is 13.8 Å². The predicted molar refractivity (Wildman–Crippen MR) is 349 cm³/mol. The molecule has 11 bridgehead atoms. The van der Waals surface area contributed by atoms with Crippen molar-refractivity contribution in [3.05, 3.63) is 117 Å². The van der Waals surface area contributed by atoms with E-state index in [9.17, 15) is 75.0 Å². The second-order valence-corrected chi connectivity index (χ2v) is 26.5. The molecule has 5 aromatic carbocycles. The number of ether oxygens (including phenoxy) is 6. The van der Waals surface area contributed by atoms with Gasteiger partial charge in [0.1, 0.15) is 89.5 Å². The van der Waals surface area contributed by atoms with Crippen LogP contribution >= 0.6 is 23.2 Å². The van der Waals surface area contributed by atoms with E-state index in [1.165, 1.54) is 33.0 Å². The van der Waals surface area contributed by atoms with E-state index in [4.69, 9.17) is 63.1 Å². The minimum absolute atomic E-state index is 0.0975. The molecule has 0 aromatic heterocycles. The molecule has 7 aliphatic heterocycles. The number of hydrogen-bond acceptors (Lipinski definition) is 25. The van der Waals surface area contributed by atoms with E-state index >= 15 is 14.4 Å². The molecule has 7 heterocycles. The van der Waals surface area contributed by atoms with Crippen LogP contribution in [0, 0.1) is 5.92 Å². The number of nitrogens with two attached hydrogens (primary N) is 2. The van der Waals surface area contributed by atoms with E-state index in [2.05, 4.69) is 37.2 Å². The maximum absolute atomic E-state index is 16.0. The summed E-state index contributed by atoms with van der Waals surface area (Å²) in [7, 11) is 1.47. The van der Waals surface area contributed by atoms with Crippen LogP contribution in [-0.4, -0.2) is 191 Å². The number of primary amides is 1. The molecule has 0 radical (unpaired) electrons. The number of carboxylic acids is 1. The zero-order valence-electron chi connectivity index (χ0n) is 54.3. The average molecular weight is 1450 g/mol. The van der Waals surface area contributed by atoms with Gasteiger partial charge in [-0.25, -0.2) is 4.79 Å². The van der Waals surface area contributed by atoms with Crippen molar-refractivity contribution in [2.75, 3.05) is 13.7 Å². The number of fused-ring (bicyclic) bond motifs is 15. The number of benzene rings is 5. The summed E-state index contributed by atoms with van der Waals surface area (Å²) in [5.74, 6) is -16.0. The third-order valence-corrected chi connectivity index (χ3v) is 18.4. The van der Waals surface area contributed by atoms with Crippen molar-refractivity contribution in [2.24, 2.45) is 17.4 Å². The molecule has 2 fully saturated rings. The molecule has 21 N–H and O–H groups in total. The first-order chi connectivity index (χ1) is 47.7. The molecule has 101 heavy (non-hydrogen) atoms. The van der Waals surface area contributed by atoms with Crippen LogP contribution in [0.1, 0.15) is 105 Å². The fourth-order valence-electron chi connectivity index (χ4n) is 12.5. The minimum Gasteiger partial charge on any atom is -0.508 e. The SMILES string of the molecule is CN[C@H](CC(C)C)C(=O)NC1C(=O)N[C@@H](CC(N)=O)C(=O)NC2C(=O)NC3C(=O)NC(C(=O)N[C@@H](C(=O)O)c4cc(O)cc(O)c4-c4cc3ccc4O)[C@H](O)c3ccc(c(Cl)c3)Oc3cc2cc(c3O[C@@H]2O[C@H](CO)[C@@H](O)[C@H](O)[C@H]2O[C@H]2C[C@](C)(N)[C@H](O)[C@H](C)O2)Oc2ccc(cc2Cl)[C@H]1O. The number of phenolic OH excluding ortho intramolecular Hbond substituents is 3. The fraction of sp³-hybridized carbons (Fsp3) is 0.424. The number of phenols is 3. The Kier molecular flexibility index (Phi) is 22.2. The van der Waals surface area contributed by atoms with Gasteiger partial charge in [-0.2, -0.15) is 0 Å². The maximum Gasteiger partial charge on any atom is 0.330 e. The summed E-state index contributed by atoms with van der Waals surface area (Å²) in [6, 6.07) is -0.679. The average Bonchev–Trinajstić information content (AvgIpc) is 0.775. The number of rotatable bonds is 13. The third-order valence-electron chi connectivity index (χ3n) is 17.8. The van der Waals surface area contributed by atoms with Crippen molar-refractivity contribution in [1.29, 1.82) is 0 Å². The fourth-order valence-corrected chi connectivity index (χ4v) is 12.9. The first-order valence-electron chi connectivity index (χ1n) is 31.6. The molecular weight excluding hydrogens is 1370 g/mol. The van der Waals surface area contributed by atoms with Gasteiger partial charge >= 0.3 is 5.97 Å². The van der Waals surface area contributed by atoms with Gasteiger partial charge in [-0.1, -0.05) is 55.2 Å². The molecule has 18 atom stereocenters. The summed E-state index contributed by atoms with van der Waals surface area (Å²) in [5.41, 5.74) is 8.00. The zero-order valence-corrected chi connectivity index (χ0v) is 55.8. The summed E-state index contributed by atoms with van der Waals surface area (Å²) in [4.78, 5) is 117. The number of carbonyl (C=O) groups is 8. The van der Waals surface area contributed by atoms with Gasteiger partial charge in [-0.15, -0.1) is 0 Å². The van der Waals surface area contributed by atoms with Crippen molar-refractivity contribution in [1.82, 2.24) is 37.2 Å². The standard InChI is InChI=1S/C66H75Cl2N9O24/c1-23(2)12-34(71-5)58(88)76-49-51(83)26-7-10-38(32(67)14-26)97-40-16-28-17-41(55(40)101-65-56(54(86)53(85)42(22-78)99-65)100-44-21-66(4,70)57(87)24(3)96-44)98-39-11-8-27(15-33(39)68)52(84)50-63(93)75-48(64(94)95)31-18-29(79)19-37(81)45(31)30-13-25(6-9-36(30)80)46(60(90)77-50)74-61(91)47(28)73-59(89)35(20-43(69)82)72-62(49)92/h6-11,13-19,23-24,34-35,42,44,46-54,56-57,65,71,78-81,83-87H,12,20-22,70H2,1-5H3,(H2,69,82)(H,72,92)(H,73,89)(H,74,91)(H,75,93)(H,76,88)(H,77,90)(H,94,95)/t24-,34+,35-,42+,44-,46?,47?,48+,49?,50?,51+,52+,53+,54-,56+,57+,65-,66-/m0/s1. The molecule has 0 spiro atoms. The number of nitrogens with one attached hydrogen (secondary N) is 7. The van der Waals surface area contributed by atoms with E-state index in [0.717, 1.165) is 66.7 Å². The van der Waals surface area contributed by atoms with Crippen molar-refractivity contribution in [2.45, 2.75) is 156 Å². The van der Waals surface area contributed by atoms with Gasteiger partial charge in [0.25, 0.3) is 0 Å².